The van der Waals surface area contributed by atoms with Crippen LogP contribution < -0.4 is 10.6 Å². The molecule has 0 spiro atoms. The largest absolute Gasteiger partial charge is 0.305 e. The van der Waals surface area contributed by atoms with Crippen molar-refractivity contribution in [3.8, 4) is 0 Å². The molecule has 2 aliphatic rings. The predicted molar refractivity (Wildman–Crippen MR) is 79.8 cm³/mol. The molecule has 0 unspecified atom stereocenters. The van der Waals surface area contributed by atoms with Gasteiger partial charge >= 0.3 is 0 Å². The van der Waals surface area contributed by atoms with Gasteiger partial charge in [-0.15, -0.1) is 0 Å². The molecule has 2 nitrogen and oxygen atoms in total. The van der Waals surface area contributed by atoms with Crippen molar-refractivity contribution in [3.05, 3.63) is 63.8 Å². The zero-order valence-electron chi connectivity index (χ0n) is 11.4. The van der Waals surface area contributed by atoms with Crippen molar-refractivity contribution in [2.24, 2.45) is 0 Å². The number of fused-ring (bicyclic) bond motifs is 1. The summed E-state index contributed by atoms with van der Waals surface area (Å²) < 4.78 is 0. The third kappa shape index (κ3) is 2.59. The van der Waals surface area contributed by atoms with Gasteiger partial charge in [0, 0.05) is 18.0 Å². The summed E-state index contributed by atoms with van der Waals surface area (Å²) in [6.45, 7) is 0.995. The lowest BCUT2D eigenvalue weighted by Crippen LogP contribution is -2.29. The minimum Gasteiger partial charge on any atom is -0.305 e. The summed E-state index contributed by atoms with van der Waals surface area (Å²) in [4.78, 5) is 6.58. The Morgan fingerprint density at radius 2 is 2.11 bits per heavy atom. The number of hydrogen-bond donors (Lipinski definition) is 0. The second kappa shape index (κ2) is 4.98. The van der Waals surface area contributed by atoms with Crippen LogP contribution in [0.1, 0.15) is 6.42 Å². The normalized spacial score (nSPS) is 20.9. The van der Waals surface area contributed by atoms with E-state index in [2.05, 4.69) is 60.4 Å². The van der Waals surface area contributed by atoms with Crippen LogP contribution in [0, 0.1) is 0 Å². The summed E-state index contributed by atoms with van der Waals surface area (Å²) in [7, 11) is 4.20. The molecule has 0 aliphatic heterocycles. The summed E-state index contributed by atoms with van der Waals surface area (Å²) in [5.41, 5.74) is 4.09. The monoisotopic (exact) mass is 250 g/mol. The first kappa shape index (κ1) is 12.1. The van der Waals surface area contributed by atoms with E-state index in [1.54, 1.807) is 0 Å². The van der Waals surface area contributed by atoms with Crippen molar-refractivity contribution < 1.29 is 0 Å². The van der Waals surface area contributed by atoms with E-state index in [0.29, 0.717) is 0 Å². The maximum Gasteiger partial charge on any atom is 0.0665 e. The number of pyridine rings is 1. The molecule has 96 valence electrons. The van der Waals surface area contributed by atoms with E-state index < -0.39 is 0 Å². The molecule has 0 aromatic carbocycles. The van der Waals surface area contributed by atoms with Crippen molar-refractivity contribution in [1.29, 1.82) is 0 Å². The molecule has 1 heterocycles. The summed E-state index contributed by atoms with van der Waals surface area (Å²) in [5.74, 6) is 0. The second-order valence-corrected chi connectivity index (χ2v) is 5.30. The smallest absolute Gasteiger partial charge is 0.0665 e. The van der Waals surface area contributed by atoms with Crippen LogP contribution in [0.5, 0.6) is 0 Å². The minimum absolute atomic E-state index is 0.968. The Balaban J connectivity index is 1.97. The summed E-state index contributed by atoms with van der Waals surface area (Å²) in [6, 6.07) is 4.12. The van der Waals surface area contributed by atoms with Gasteiger partial charge in [0.25, 0.3) is 0 Å². The minimum atomic E-state index is 0.968. The fourth-order valence-electron chi connectivity index (χ4n) is 2.53. The summed E-state index contributed by atoms with van der Waals surface area (Å²) in [6.07, 6.45) is 14.0. The topological polar surface area (TPSA) is 16.1 Å². The van der Waals surface area contributed by atoms with Gasteiger partial charge < -0.3 is 4.90 Å². The molecule has 1 aromatic rings. The van der Waals surface area contributed by atoms with Gasteiger partial charge in [0.05, 0.1) is 5.35 Å². The molecule has 19 heavy (non-hydrogen) atoms. The number of aromatic nitrogens is 1. The zero-order valence-corrected chi connectivity index (χ0v) is 11.4. The third-order valence-corrected chi connectivity index (χ3v) is 3.40. The average molecular weight is 250 g/mol. The van der Waals surface area contributed by atoms with Gasteiger partial charge in [-0.05, 0) is 49.4 Å². The van der Waals surface area contributed by atoms with Gasteiger partial charge in [-0.1, -0.05) is 30.4 Å². The van der Waals surface area contributed by atoms with Crippen LogP contribution in [-0.4, -0.2) is 30.5 Å². The summed E-state index contributed by atoms with van der Waals surface area (Å²) >= 11 is 0. The number of rotatable bonds is 2. The highest BCUT2D eigenvalue weighted by Gasteiger charge is 2.08. The van der Waals surface area contributed by atoms with Crippen molar-refractivity contribution in [1.82, 2.24) is 9.88 Å². The van der Waals surface area contributed by atoms with Crippen LogP contribution in [0.3, 0.4) is 0 Å². The predicted octanol–water partition coefficient (Wildman–Crippen LogP) is 1.40. The van der Waals surface area contributed by atoms with E-state index in [9.17, 15) is 0 Å². The Labute approximate surface area is 113 Å². The average Bonchev–Trinajstić information content (AvgIpc) is 2.86. The van der Waals surface area contributed by atoms with Crippen molar-refractivity contribution in [2.45, 2.75) is 6.42 Å². The quantitative estimate of drug-likeness (QED) is 0.789. The van der Waals surface area contributed by atoms with Crippen molar-refractivity contribution in [3.63, 3.8) is 0 Å². The number of hydrogen-bond acceptors (Lipinski definition) is 2. The lowest BCUT2D eigenvalue weighted by molar-refractivity contribution is 0.449. The molecule has 0 amide bonds. The molecule has 0 N–H and O–H groups in total. The number of allylic oxidation sites excluding steroid dienone is 4. The highest BCUT2D eigenvalue weighted by atomic mass is 15.0. The lowest BCUT2D eigenvalue weighted by Gasteiger charge is -2.08. The highest BCUT2D eigenvalue weighted by Crippen LogP contribution is 2.22. The molecule has 1 aromatic heterocycles. The lowest BCUT2D eigenvalue weighted by atomic mass is 10.0. The zero-order chi connectivity index (χ0) is 13.2. The van der Waals surface area contributed by atoms with Crippen LogP contribution in [0.2, 0.25) is 0 Å². The molecule has 0 saturated carbocycles. The maximum atomic E-state index is 4.39. The van der Waals surface area contributed by atoms with Crippen LogP contribution in [-0.2, 0) is 0 Å². The van der Waals surface area contributed by atoms with E-state index in [0.717, 1.165) is 18.3 Å². The van der Waals surface area contributed by atoms with E-state index in [1.807, 2.05) is 12.3 Å². The first-order valence-electron chi connectivity index (χ1n) is 6.62. The second-order valence-electron chi connectivity index (χ2n) is 5.30. The molecule has 0 bridgehead atoms. The fourth-order valence-corrected chi connectivity index (χ4v) is 2.53. The Kier molecular flexibility index (Phi) is 3.18. The molecule has 0 saturated heterocycles. The SMILES string of the molecule is CN(C)CC1=C/C(=C2/C=c3cccnc3=CC2)C=C1. The molecule has 3 rings (SSSR count). The molecule has 0 radical (unpaired) electrons. The van der Waals surface area contributed by atoms with E-state index in [4.69, 9.17) is 0 Å². The standard InChI is InChI=1S/C17H18N2/c1-19(2)12-13-5-6-14(10-13)15-7-8-17-16(11-15)4-3-9-18-17/h3-6,8-11H,7,12H2,1-2H3/b15-14+. The van der Waals surface area contributed by atoms with Gasteiger partial charge in [-0.25, -0.2) is 0 Å². The van der Waals surface area contributed by atoms with Gasteiger partial charge in [0.2, 0.25) is 0 Å². The molecular formula is C17H18N2. The summed E-state index contributed by atoms with van der Waals surface area (Å²) in [5, 5.41) is 2.32. The molecule has 2 aliphatic carbocycles. The van der Waals surface area contributed by atoms with Gasteiger partial charge in [-0.3, -0.25) is 4.98 Å². The van der Waals surface area contributed by atoms with Crippen LogP contribution in [0.25, 0.3) is 12.2 Å². The van der Waals surface area contributed by atoms with Crippen LogP contribution >= 0.6 is 0 Å². The van der Waals surface area contributed by atoms with Crippen LogP contribution in [0.15, 0.2) is 53.3 Å². The molecule has 0 fully saturated rings. The molecule has 2 heteroatoms. The van der Waals surface area contributed by atoms with Crippen molar-refractivity contribution >= 4 is 12.2 Å². The third-order valence-electron chi connectivity index (χ3n) is 3.40. The van der Waals surface area contributed by atoms with Crippen LogP contribution in [0.4, 0.5) is 0 Å². The number of nitrogens with zero attached hydrogens (tertiary/aromatic N) is 2. The van der Waals surface area contributed by atoms with Gasteiger partial charge in [0.1, 0.15) is 0 Å². The van der Waals surface area contributed by atoms with Gasteiger partial charge in [-0.2, -0.15) is 0 Å². The van der Waals surface area contributed by atoms with E-state index in [1.165, 1.54) is 21.9 Å². The number of likely N-dealkylation sites (N-methyl/N-ethyl adjacent to an activating group) is 1. The fraction of sp³-hybridized carbons (Fsp3) is 0.235. The van der Waals surface area contributed by atoms with Crippen molar-refractivity contribution in [2.75, 3.05) is 20.6 Å². The molecular weight excluding hydrogens is 232 g/mol. The highest BCUT2D eigenvalue weighted by molar-refractivity contribution is 5.63. The Bertz CT molecular complexity index is 703. The Morgan fingerprint density at radius 1 is 1.21 bits per heavy atom. The molecule has 0 atom stereocenters. The maximum absolute atomic E-state index is 4.39. The Hall–Kier alpha value is -1.93. The van der Waals surface area contributed by atoms with E-state index >= 15 is 0 Å². The first-order valence-corrected chi connectivity index (χ1v) is 6.62. The first-order chi connectivity index (χ1) is 9.22. The Morgan fingerprint density at radius 3 is 2.95 bits per heavy atom. The van der Waals surface area contributed by atoms with E-state index in [-0.39, 0.29) is 0 Å². The van der Waals surface area contributed by atoms with Gasteiger partial charge in [0.15, 0.2) is 0 Å².